The molecule has 0 radical (unpaired) electrons. The number of carbonyl (C=O) groups excluding carboxylic acids is 1. The molecule has 0 atom stereocenters. The van der Waals surface area contributed by atoms with Crippen molar-refractivity contribution in [3.8, 4) is 11.1 Å². The number of nitrogens with one attached hydrogen (secondary N) is 1. The molecule has 0 spiro atoms. The van der Waals surface area contributed by atoms with Gasteiger partial charge in [-0.05, 0) is 23.3 Å². The van der Waals surface area contributed by atoms with Gasteiger partial charge in [-0.15, -0.1) is 11.6 Å². The van der Waals surface area contributed by atoms with E-state index in [9.17, 15) is 4.79 Å². The van der Waals surface area contributed by atoms with E-state index in [1.165, 1.54) is 0 Å². The summed E-state index contributed by atoms with van der Waals surface area (Å²) in [5, 5.41) is 0. The fraction of sp³-hybridized carbons (Fsp3) is 0.0714. The maximum atomic E-state index is 10.9. The van der Waals surface area contributed by atoms with Crippen LogP contribution in [-0.2, 0) is 9.63 Å². The van der Waals surface area contributed by atoms with Gasteiger partial charge in [0.1, 0.15) is 5.88 Å². The Morgan fingerprint density at radius 1 is 1.00 bits per heavy atom. The van der Waals surface area contributed by atoms with Crippen LogP contribution in [0.5, 0.6) is 0 Å². The monoisotopic (exact) mass is 261 g/mol. The lowest BCUT2D eigenvalue weighted by Gasteiger charge is -2.06. The second kappa shape index (κ2) is 6.07. The number of benzene rings is 2. The van der Waals surface area contributed by atoms with E-state index >= 15 is 0 Å². The van der Waals surface area contributed by atoms with Crippen molar-refractivity contribution < 1.29 is 9.63 Å². The summed E-state index contributed by atoms with van der Waals surface area (Å²) in [4.78, 5) is 15.6. The van der Waals surface area contributed by atoms with Gasteiger partial charge in [0.05, 0.1) is 5.69 Å². The van der Waals surface area contributed by atoms with Gasteiger partial charge in [0.25, 0.3) is 0 Å². The molecule has 0 aliphatic heterocycles. The molecule has 2 rings (SSSR count). The zero-order chi connectivity index (χ0) is 12.8. The summed E-state index contributed by atoms with van der Waals surface area (Å²) in [7, 11) is 0. The molecule has 0 amide bonds. The minimum Gasteiger partial charge on any atom is -0.342 e. The van der Waals surface area contributed by atoms with Gasteiger partial charge < -0.3 is 4.84 Å². The molecule has 0 bridgehead atoms. The predicted molar refractivity (Wildman–Crippen MR) is 72.3 cm³/mol. The molecule has 0 fully saturated rings. The highest BCUT2D eigenvalue weighted by atomic mass is 35.5. The molecule has 92 valence electrons. The number of hydrogen-bond acceptors (Lipinski definition) is 3. The maximum absolute atomic E-state index is 10.9. The summed E-state index contributed by atoms with van der Waals surface area (Å²) in [6, 6.07) is 17.6. The van der Waals surface area contributed by atoms with E-state index < -0.39 is 5.97 Å². The topological polar surface area (TPSA) is 38.3 Å². The molecule has 18 heavy (non-hydrogen) atoms. The second-order valence-corrected chi connectivity index (χ2v) is 3.92. The Bertz CT molecular complexity index is 511. The molecule has 0 heterocycles. The van der Waals surface area contributed by atoms with Crippen LogP contribution in [0.2, 0.25) is 0 Å². The van der Waals surface area contributed by atoms with E-state index in [1.54, 1.807) is 0 Å². The van der Waals surface area contributed by atoms with Gasteiger partial charge in [-0.3, -0.25) is 0 Å². The first-order valence-electron chi connectivity index (χ1n) is 5.47. The lowest BCUT2D eigenvalue weighted by atomic mass is 10.1. The molecule has 0 unspecified atom stereocenters. The van der Waals surface area contributed by atoms with E-state index in [1.807, 2.05) is 54.6 Å². The Hall–Kier alpha value is -2.00. The molecule has 4 heteroatoms. The van der Waals surface area contributed by atoms with Crippen LogP contribution in [0.4, 0.5) is 5.69 Å². The van der Waals surface area contributed by atoms with Crippen LogP contribution in [0.15, 0.2) is 54.6 Å². The fourth-order valence-electron chi connectivity index (χ4n) is 1.50. The van der Waals surface area contributed by atoms with Gasteiger partial charge in [-0.2, -0.15) is 0 Å². The Labute approximate surface area is 110 Å². The molecule has 0 aliphatic rings. The van der Waals surface area contributed by atoms with Gasteiger partial charge >= 0.3 is 5.97 Å². The number of anilines is 1. The Balaban J connectivity index is 2.04. The van der Waals surface area contributed by atoms with Crippen molar-refractivity contribution >= 4 is 23.3 Å². The highest BCUT2D eigenvalue weighted by molar-refractivity contribution is 6.26. The summed E-state index contributed by atoms with van der Waals surface area (Å²) in [6.45, 7) is 0. The number of hydrogen-bond donors (Lipinski definition) is 1. The smallest absolute Gasteiger partial charge is 0.342 e. The highest BCUT2D eigenvalue weighted by Gasteiger charge is 2.01. The average Bonchev–Trinajstić information content (AvgIpc) is 2.46. The van der Waals surface area contributed by atoms with Crippen molar-refractivity contribution in [2.45, 2.75) is 0 Å². The van der Waals surface area contributed by atoms with Crippen molar-refractivity contribution in [1.82, 2.24) is 0 Å². The third-order valence-corrected chi connectivity index (χ3v) is 2.60. The van der Waals surface area contributed by atoms with Crippen molar-refractivity contribution in [3.63, 3.8) is 0 Å². The lowest BCUT2D eigenvalue weighted by Crippen LogP contribution is -2.11. The molecule has 0 aromatic heterocycles. The quantitative estimate of drug-likeness (QED) is 0.677. The fourth-order valence-corrected chi connectivity index (χ4v) is 1.56. The summed E-state index contributed by atoms with van der Waals surface area (Å²) in [5.41, 5.74) is 5.48. The number of alkyl halides is 1. The van der Waals surface area contributed by atoms with Gasteiger partial charge in [0.2, 0.25) is 0 Å². The molecule has 1 N–H and O–H groups in total. The molecule has 0 aliphatic carbocycles. The first-order chi connectivity index (χ1) is 8.79. The summed E-state index contributed by atoms with van der Waals surface area (Å²) in [6.07, 6.45) is 0. The largest absolute Gasteiger partial charge is 0.346 e. The molecule has 3 nitrogen and oxygen atoms in total. The third-order valence-electron chi connectivity index (χ3n) is 2.38. The average molecular weight is 262 g/mol. The van der Waals surface area contributed by atoms with Crippen LogP contribution in [0.25, 0.3) is 11.1 Å². The maximum Gasteiger partial charge on any atom is 0.346 e. The number of halogens is 1. The van der Waals surface area contributed by atoms with Gasteiger partial charge in [0, 0.05) is 0 Å². The summed E-state index contributed by atoms with van der Waals surface area (Å²) < 4.78 is 0. The zero-order valence-electron chi connectivity index (χ0n) is 9.60. The first kappa shape index (κ1) is 12.5. The highest BCUT2D eigenvalue weighted by Crippen LogP contribution is 2.20. The van der Waals surface area contributed by atoms with Gasteiger partial charge in [-0.25, -0.2) is 10.3 Å². The number of rotatable bonds is 4. The summed E-state index contributed by atoms with van der Waals surface area (Å²) >= 11 is 5.31. The molecule has 0 saturated heterocycles. The normalized spacial score (nSPS) is 9.83. The minimum atomic E-state index is -0.510. The Kier molecular flexibility index (Phi) is 4.20. The van der Waals surface area contributed by atoms with Crippen LogP contribution in [0, 0.1) is 0 Å². The van der Waals surface area contributed by atoms with Crippen LogP contribution in [0.3, 0.4) is 0 Å². The SMILES string of the molecule is O=C(CCl)ONc1ccc(-c2ccccc2)cc1. The van der Waals surface area contributed by atoms with Crippen molar-refractivity contribution in [2.24, 2.45) is 0 Å². The van der Waals surface area contributed by atoms with Crippen LogP contribution < -0.4 is 5.48 Å². The van der Waals surface area contributed by atoms with E-state index in [-0.39, 0.29) is 5.88 Å². The van der Waals surface area contributed by atoms with Gasteiger partial charge in [0.15, 0.2) is 0 Å². The van der Waals surface area contributed by atoms with Gasteiger partial charge in [-0.1, -0.05) is 42.5 Å². The second-order valence-electron chi connectivity index (χ2n) is 3.65. The van der Waals surface area contributed by atoms with E-state index in [0.717, 1.165) is 11.1 Å². The molecular weight excluding hydrogens is 250 g/mol. The zero-order valence-corrected chi connectivity index (χ0v) is 10.4. The molecular formula is C14H12ClNO2. The molecule has 2 aromatic carbocycles. The molecule has 2 aromatic rings. The van der Waals surface area contributed by atoms with Crippen LogP contribution in [-0.4, -0.2) is 11.8 Å². The van der Waals surface area contributed by atoms with Crippen molar-refractivity contribution in [2.75, 3.05) is 11.4 Å². The van der Waals surface area contributed by atoms with Crippen molar-refractivity contribution in [1.29, 1.82) is 0 Å². The molecule has 0 saturated carbocycles. The van der Waals surface area contributed by atoms with E-state index in [0.29, 0.717) is 5.69 Å². The first-order valence-corrected chi connectivity index (χ1v) is 6.00. The Morgan fingerprint density at radius 2 is 1.61 bits per heavy atom. The predicted octanol–water partition coefficient (Wildman–Crippen LogP) is 3.46. The Morgan fingerprint density at radius 3 is 2.22 bits per heavy atom. The van der Waals surface area contributed by atoms with E-state index in [2.05, 4.69) is 5.48 Å². The van der Waals surface area contributed by atoms with Crippen LogP contribution >= 0.6 is 11.6 Å². The number of carbonyl (C=O) groups is 1. The van der Waals surface area contributed by atoms with E-state index in [4.69, 9.17) is 16.4 Å². The minimum absolute atomic E-state index is 0.172. The van der Waals surface area contributed by atoms with Crippen molar-refractivity contribution in [3.05, 3.63) is 54.6 Å². The lowest BCUT2D eigenvalue weighted by molar-refractivity contribution is -0.137. The third kappa shape index (κ3) is 3.25. The standard InChI is InChI=1S/C14H12ClNO2/c15-10-14(17)18-16-13-8-6-12(7-9-13)11-4-2-1-3-5-11/h1-9,16H,10H2. The van der Waals surface area contributed by atoms with Crippen LogP contribution in [0.1, 0.15) is 0 Å². The summed E-state index contributed by atoms with van der Waals surface area (Å²) in [5.74, 6) is -0.682.